The van der Waals surface area contributed by atoms with Crippen molar-refractivity contribution in [1.29, 1.82) is 0 Å². The van der Waals surface area contributed by atoms with Gasteiger partial charge in [0.25, 0.3) is 5.91 Å². The maximum absolute atomic E-state index is 14.4. The lowest BCUT2D eigenvalue weighted by atomic mass is 9.83. The van der Waals surface area contributed by atoms with Crippen LogP contribution in [0, 0.1) is 11.2 Å². The van der Waals surface area contributed by atoms with Crippen molar-refractivity contribution in [2.24, 2.45) is 5.41 Å². The summed E-state index contributed by atoms with van der Waals surface area (Å²) in [6.45, 7) is 3.22. The van der Waals surface area contributed by atoms with Crippen molar-refractivity contribution in [2.45, 2.75) is 19.8 Å². The molecular weight excluding hydrogens is 325 g/mol. The monoisotopic (exact) mass is 343 g/mol. The Balaban J connectivity index is 1.94. The molecular formula is C14H18FN3O4S. The van der Waals surface area contributed by atoms with Crippen LogP contribution < -0.4 is 14.3 Å². The van der Waals surface area contributed by atoms with E-state index in [1.165, 1.54) is 12.1 Å². The first-order valence-corrected chi connectivity index (χ1v) is 8.70. The molecule has 0 saturated carbocycles. The molecule has 2 fully saturated rings. The number of amides is 1. The average Bonchev–Trinajstić information content (AvgIpc) is 2.92. The fourth-order valence-electron chi connectivity index (χ4n) is 3.15. The summed E-state index contributed by atoms with van der Waals surface area (Å²) < 4.78 is 40.3. The Labute approximate surface area is 133 Å². The molecule has 1 aromatic carbocycles. The lowest BCUT2D eigenvalue weighted by Gasteiger charge is -2.24. The van der Waals surface area contributed by atoms with Crippen molar-refractivity contribution in [2.75, 3.05) is 23.9 Å². The van der Waals surface area contributed by atoms with Crippen LogP contribution in [0.25, 0.3) is 0 Å². The second-order valence-electron chi connectivity index (χ2n) is 6.40. The van der Waals surface area contributed by atoms with E-state index < -0.39 is 39.9 Å². The molecule has 2 saturated heterocycles. The molecule has 2 heterocycles. The van der Waals surface area contributed by atoms with Gasteiger partial charge in [-0.15, -0.1) is 0 Å². The molecule has 0 aromatic heterocycles. The minimum absolute atomic E-state index is 0.0301. The van der Waals surface area contributed by atoms with Crippen LogP contribution in [-0.4, -0.2) is 39.1 Å². The molecule has 1 unspecified atom stereocenters. The summed E-state index contributed by atoms with van der Waals surface area (Å²) >= 11 is 0. The van der Waals surface area contributed by atoms with Gasteiger partial charge in [-0.25, -0.2) is 13.4 Å². The number of hydrogen-bond donors (Lipinski definition) is 3. The SMILES string of the molecule is CC1(Cc2cc(O)c(N3CC(=O)NS3(=O)=O)c(F)c2)CCNC1. The number of anilines is 1. The number of benzene rings is 1. The van der Waals surface area contributed by atoms with Crippen molar-refractivity contribution < 1.29 is 22.7 Å². The van der Waals surface area contributed by atoms with Crippen LogP contribution in [0.2, 0.25) is 0 Å². The molecule has 1 aromatic rings. The molecule has 7 nitrogen and oxygen atoms in total. The quantitative estimate of drug-likeness (QED) is 0.731. The molecule has 0 radical (unpaired) electrons. The maximum Gasteiger partial charge on any atom is 0.326 e. The number of hydrogen-bond acceptors (Lipinski definition) is 5. The van der Waals surface area contributed by atoms with Crippen molar-refractivity contribution in [3.05, 3.63) is 23.5 Å². The van der Waals surface area contributed by atoms with E-state index in [0.717, 1.165) is 19.5 Å². The van der Waals surface area contributed by atoms with E-state index in [2.05, 4.69) is 12.2 Å². The number of aromatic hydroxyl groups is 1. The first-order chi connectivity index (χ1) is 10.7. The molecule has 1 amide bonds. The van der Waals surface area contributed by atoms with Crippen LogP contribution in [0.4, 0.5) is 10.1 Å². The Morgan fingerprint density at radius 1 is 1.43 bits per heavy atom. The number of nitrogens with one attached hydrogen (secondary N) is 2. The zero-order valence-electron chi connectivity index (χ0n) is 12.6. The highest BCUT2D eigenvalue weighted by Gasteiger charge is 2.38. The number of carbonyl (C=O) groups is 1. The normalized spacial score (nSPS) is 26.5. The molecule has 3 rings (SSSR count). The van der Waals surface area contributed by atoms with Gasteiger partial charge in [0.05, 0.1) is 0 Å². The second kappa shape index (κ2) is 5.34. The standard InChI is InChI=1S/C14H18FN3O4S/c1-14(2-3-16-8-14)6-9-4-10(15)13(11(19)5-9)18-7-12(20)17-23(18,21)22/h4-5,16,19H,2-3,6-8H2,1H3,(H,17,20). The van der Waals surface area contributed by atoms with Crippen molar-refractivity contribution in [3.8, 4) is 5.75 Å². The van der Waals surface area contributed by atoms with E-state index >= 15 is 0 Å². The van der Waals surface area contributed by atoms with E-state index in [1.54, 1.807) is 4.72 Å². The summed E-state index contributed by atoms with van der Waals surface area (Å²) in [5.41, 5.74) is 0.0603. The highest BCUT2D eigenvalue weighted by atomic mass is 32.2. The first kappa shape index (κ1) is 16.0. The average molecular weight is 343 g/mol. The van der Waals surface area contributed by atoms with Gasteiger partial charge in [-0.05, 0) is 42.5 Å². The summed E-state index contributed by atoms with van der Waals surface area (Å²) in [6, 6.07) is 2.58. The number of rotatable bonds is 3. The Morgan fingerprint density at radius 2 is 2.17 bits per heavy atom. The number of phenolic OH excluding ortho intramolecular Hbond substituents is 1. The predicted octanol–water partition coefficient (Wildman–Crippen LogP) is 0.254. The molecule has 23 heavy (non-hydrogen) atoms. The summed E-state index contributed by atoms with van der Waals surface area (Å²) in [5, 5.41) is 13.4. The third-order valence-corrected chi connectivity index (χ3v) is 5.64. The fourth-order valence-corrected chi connectivity index (χ4v) is 4.32. The van der Waals surface area contributed by atoms with Crippen LogP contribution in [0.3, 0.4) is 0 Å². The van der Waals surface area contributed by atoms with Crippen LogP contribution in [0.1, 0.15) is 18.9 Å². The Bertz CT molecular complexity index is 736. The molecule has 3 N–H and O–H groups in total. The second-order valence-corrected chi connectivity index (χ2v) is 7.99. The summed E-state index contributed by atoms with van der Waals surface area (Å²) in [7, 11) is -4.16. The van der Waals surface area contributed by atoms with Crippen molar-refractivity contribution in [1.82, 2.24) is 10.0 Å². The van der Waals surface area contributed by atoms with E-state index in [9.17, 15) is 22.7 Å². The Hall–Kier alpha value is -1.87. The lowest BCUT2D eigenvalue weighted by Crippen LogP contribution is -2.30. The molecule has 1 atom stereocenters. The molecule has 9 heteroatoms. The largest absolute Gasteiger partial charge is 0.506 e. The molecule has 126 valence electrons. The number of carbonyl (C=O) groups excluding carboxylic acids is 1. The minimum Gasteiger partial charge on any atom is -0.506 e. The van der Waals surface area contributed by atoms with Gasteiger partial charge in [0.1, 0.15) is 18.0 Å². The minimum atomic E-state index is -4.16. The van der Waals surface area contributed by atoms with Crippen LogP contribution >= 0.6 is 0 Å². The van der Waals surface area contributed by atoms with E-state index in [1.807, 2.05) is 0 Å². The van der Waals surface area contributed by atoms with E-state index in [-0.39, 0.29) is 5.41 Å². The molecule has 0 aliphatic carbocycles. The van der Waals surface area contributed by atoms with Crippen molar-refractivity contribution in [3.63, 3.8) is 0 Å². The molecule has 2 aliphatic heterocycles. The zero-order chi connectivity index (χ0) is 16.8. The number of nitrogens with zero attached hydrogens (tertiary/aromatic N) is 1. The van der Waals surface area contributed by atoms with Crippen LogP contribution in [0.5, 0.6) is 5.75 Å². The van der Waals surface area contributed by atoms with Gasteiger partial charge in [-0.2, -0.15) is 8.42 Å². The van der Waals surface area contributed by atoms with E-state index in [4.69, 9.17) is 0 Å². The van der Waals surface area contributed by atoms with Gasteiger partial charge in [0.15, 0.2) is 5.82 Å². The Morgan fingerprint density at radius 3 is 2.70 bits per heavy atom. The van der Waals surface area contributed by atoms with Gasteiger partial charge in [-0.3, -0.25) is 4.79 Å². The highest BCUT2D eigenvalue weighted by Crippen LogP contribution is 2.37. The number of phenols is 1. The predicted molar refractivity (Wildman–Crippen MR) is 81.8 cm³/mol. The van der Waals surface area contributed by atoms with Gasteiger partial charge in [0.2, 0.25) is 0 Å². The summed E-state index contributed by atoms with van der Waals surface area (Å²) in [6.07, 6.45) is 1.50. The summed E-state index contributed by atoms with van der Waals surface area (Å²) in [4.78, 5) is 11.3. The van der Waals surface area contributed by atoms with Crippen LogP contribution in [0.15, 0.2) is 12.1 Å². The van der Waals surface area contributed by atoms with Crippen LogP contribution in [-0.2, 0) is 21.4 Å². The third-order valence-electron chi connectivity index (χ3n) is 4.26. The summed E-state index contributed by atoms with van der Waals surface area (Å²) in [5.74, 6) is -2.12. The fraction of sp³-hybridized carbons (Fsp3) is 0.500. The maximum atomic E-state index is 14.4. The third kappa shape index (κ3) is 2.98. The number of halogens is 1. The molecule has 0 bridgehead atoms. The smallest absolute Gasteiger partial charge is 0.326 e. The topological polar surface area (TPSA) is 98.7 Å². The molecule has 0 spiro atoms. The van der Waals surface area contributed by atoms with E-state index in [0.29, 0.717) is 16.3 Å². The van der Waals surface area contributed by atoms with Crippen molar-refractivity contribution >= 4 is 21.8 Å². The molecule has 2 aliphatic rings. The zero-order valence-corrected chi connectivity index (χ0v) is 13.4. The van der Waals surface area contributed by atoms with Gasteiger partial charge in [-0.1, -0.05) is 6.92 Å². The Kier molecular flexibility index (Phi) is 3.72. The lowest BCUT2D eigenvalue weighted by molar-refractivity contribution is -0.117. The van der Waals surface area contributed by atoms with Gasteiger partial charge in [0, 0.05) is 6.54 Å². The van der Waals surface area contributed by atoms with Gasteiger partial charge < -0.3 is 10.4 Å². The highest BCUT2D eigenvalue weighted by molar-refractivity contribution is 7.92. The first-order valence-electron chi connectivity index (χ1n) is 7.26. The van der Waals surface area contributed by atoms with Gasteiger partial charge >= 0.3 is 10.2 Å².